The lowest BCUT2D eigenvalue weighted by Crippen LogP contribution is -2.35. The maximum Gasteiger partial charge on any atom is 0.270 e. The molecule has 5 aromatic rings. The van der Waals surface area contributed by atoms with Crippen molar-refractivity contribution in [3.05, 3.63) is 154 Å². The smallest absolute Gasteiger partial charge is 0.270 e. The van der Waals surface area contributed by atoms with Gasteiger partial charge in [0.05, 0.1) is 10.6 Å². The number of nitro benzene ring substituents is 1. The molecule has 0 aliphatic rings. The number of hydrogen-bond donors (Lipinski definition) is 2. The van der Waals surface area contributed by atoms with Gasteiger partial charge in [0, 0.05) is 41.6 Å². The number of carbonyl (C=O) groups is 2. The normalized spacial score (nSPS) is 11.1. The number of rotatable bonds is 10. The van der Waals surface area contributed by atoms with Gasteiger partial charge in [0.25, 0.3) is 17.5 Å². The standard InChI is InChI=1S/C33H27N5O4/c39-32(25-13-6-2-7-14-25)35-30(33(40)34-20-19-24-11-4-1-5-12-24)22-27-23-37(28-16-8-3-9-17-28)36-31(27)26-15-10-18-29(21-26)38(41)42/h1-18,21-23H,19-20H2,(H,34,40)(H,35,39). The van der Waals surface area contributed by atoms with Gasteiger partial charge in [0.15, 0.2) is 0 Å². The van der Waals surface area contributed by atoms with Crippen LogP contribution in [0.4, 0.5) is 5.69 Å². The van der Waals surface area contributed by atoms with Crippen molar-refractivity contribution in [1.29, 1.82) is 0 Å². The van der Waals surface area contributed by atoms with E-state index in [1.807, 2.05) is 60.7 Å². The van der Waals surface area contributed by atoms with Crippen LogP contribution in [-0.2, 0) is 11.2 Å². The highest BCUT2D eigenvalue weighted by atomic mass is 16.6. The number of aromatic nitrogens is 2. The summed E-state index contributed by atoms with van der Waals surface area (Å²) in [5.41, 5.74) is 3.51. The number of para-hydroxylation sites is 1. The lowest BCUT2D eigenvalue weighted by molar-refractivity contribution is -0.384. The second kappa shape index (κ2) is 13.0. The highest BCUT2D eigenvalue weighted by Gasteiger charge is 2.19. The molecule has 0 atom stereocenters. The topological polar surface area (TPSA) is 119 Å². The summed E-state index contributed by atoms with van der Waals surface area (Å²) in [6, 6.07) is 33.8. The van der Waals surface area contributed by atoms with E-state index in [0.29, 0.717) is 35.3 Å². The summed E-state index contributed by atoms with van der Waals surface area (Å²) in [7, 11) is 0. The zero-order valence-corrected chi connectivity index (χ0v) is 22.5. The Morgan fingerprint density at radius 2 is 1.52 bits per heavy atom. The third kappa shape index (κ3) is 6.83. The number of hydrogen-bond acceptors (Lipinski definition) is 5. The van der Waals surface area contributed by atoms with E-state index in [1.165, 1.54) is 12.1 Å². The molecular formula is C33H27N5O4. The lowest BCUT2D eigenvalue weighted by atomic mass is 10.1. The van der Waals surface area contributed by atoms with Crippen molar-refractivity contribution in [2.45, 2.75) is 6.42 Å². The Balaban J connectivity index is 1.54. The zero-order chi connectivity index (χ0) is 29.3. The van der Waals surface area contributed by atoms with Gasteiger partial charge in [-0.25, -0.2) is 4.68 Å². The highest BCUT2D eigenvalue weighted by Crippen LogP contribution is 2.28. The number of non-ortho nitro benzene ring substituents is 1. The van der Waals surface area contributed by atoms with E-state index in [-0.39, 0.29) is 11.4 Å². The number of nitrogens with zero attached hydrogens (tertiary/aromatic N) is 3. The number of nitro groups is 1. The van der Waals surface area contributed by atoms with Crippen molar-refractivity contribution in [1.82, 2.24) is 20.4 Å². The van der Waals surface area contributed by atoms with Crippen LogP contribution in [-0.4, -0.2) is 33.1 Å². The molecule has 0 saturated heterocycles. The molecule has 5 rings (SSSR count). The van der Waals surface area contributed by atoms with E-state index in [1.54, 1.807) is 59.4 Å². The van der Waals surface area contributed by atoms with Crippen molar-refractivity contribution in [3.63, 3.8) is 0 Å². The van der Waals surface area contributed by atoms with Crippen LogP contribution in [0.25, 0.3) is 23.0 Å². The van der Waals surface area contributed by atoms with E-state index in [9.17, 15) is 19.7 Å². The van der Waals surface area contributed by atoms with Gasteiger partial charge in [-0.15, -0.1) is 0 Å². The lowest BCUT2D eigenvalue weighted by Gasteiger charge is -2.11. The third-order valence-electron chi connectivity index (χ3n) is 6.46. The van der Waals surface area contributed by atoms with Crippen molar-refractivity contribution in [2.75, 3.05) is 6.54 Å². The highest BCUT2D eigenvalue weighted by molar-refractivity contribution is 6.05. The summed E-state index contributed by atoms with van der Waals surface area (Å²) in [4.78, 5) is 37.6. The first-order chi connectivity index (χ1) is 20.5. The number of carbonyl (C=O) groups excluding carboxylic acids is 2. The Kier molecular flexibility index (Phi) is 8.59. The van der Waals surface area contributed by atoms with Crippen LogP contribution < -0.4 is 10.6 Å². The van der Waals surface area contributed by atoms with E-state index in [4.69, 9.17) is 5.10 Å². The molecule has 4 aromatic carbocycles. The van der Waals surface area contributed by atoms with Crippen molar-refractivity contribution < 1.29 is 14.5 Å². The first kappa shape index (κ1) is 27.7. The fourth-order valence-electron chi connectivity index (χ4n) is 4.36. The third-order valence-corrected chi connectivity index (χ3v) is 6.46. The van der Waals surface area contributed by atoms with Gasteiger partial charge >= 0.3 is 0 Å². The molecule has 2 N–H and O–H groups in total. The minimum Gasteiger partial charge on any atom is -0.350 e. The summed E-state index contributed by atoms with van der Waals surface area (Å²) in [5.74, 6) is -0.930. The number of nitrogens with one attached hydrogen (secondary N) is 2. The van der Waals surface area contributed by atoms with Gasteiger partial charge in [-0.1, -0.05) is 78.9 Å². The van der Waals surface area contributed by atoms with Gasteiger partial charge in [0.2, 0.25) is 0 Å². The molecule has 0 aliphatic carbocycles. The van der Waals surface area contributed by atoms with Crippen molar-refractivity contribution in [3.8, 4) is 16.9 Å². The molecule has 9 heteroatoms. The Bertz CT molecular complexity index is 1730. The van der Waals surface area contributed by atoms with Gasteiger partial charge in [-0.05, 0) is 42.3 Å². The second-order valence-corrected chi connectivity index (χ2v) is 9.39. The van der Waals surface area contributed by atoms with Crippen LogP contribution in [0.3, 0.4) is 0 Å². The summed E-state index contributed by atoms with van der Waals surface area (Å²) >= 11 is 0. The first-order valence-electron chi connectivity index (χ1n) is 13.3. The van der Waals surface area contributed by atoms with Crippen LogP contribution in [0.5, 0.6) is 0 Å². The number of amides is 2. The fourth-order valence-corrected chi connectivity index (χ4v) is 4.36. The second-order valence-electron chi connectivity index (χ2n) is 9.39. The van der Waals surface area contributed by atoms with Gasteiger partial charge in [-0.3, -0.25) is 19.7 Å². The molecule has 1 heterocycles. The van der Waals surface area contributed by atoms with Crippen LogP contribution in [0.1, 0.15) is 21.5 Å². The Labute approximate surface area is 242 Å². The molecule has 0 radical (unpaired) electrons. The molecular weight excluding hydrogens is 530 g/mol. The summed E-state index contributed by atoms with van der Waals surface area (Å²) < 4.78 is 1.63. The molecule has 1 aromatic heterocycles. The average Bonchev–Trinajstić information content (AvgIpc) is 3.46. The SMILES string of the molecule is O=C(NCCc1ccccc1)C(=Cc1cn(-c2ccccc2)nc1-c1cccc([N+](=O)[O-])c1)NC(=O)c1ccccc1. The monoisotopic (exact) mass is 557 g/mol. The van der Waals surface area contributed by atoms with Crippen molar-refractivity contribution >= 4 is 23.6 Å². The maximum absolute atomic E-state index is 13.5. The van der Waals surface area contributed by atoms with Crippen molar-refractivity contribution in [2.24, 2.45) is 0 Å². The average molecular weight is 558 g/mol. The Morgan fingerprint density at radius 3 is 2.21 bits per heavy atom. The molecule has 0 saturated carbocycles. The van der Waals surface area contributed by atoms with Gasteiger partial charge < -0.3 is 10.6 Å². The molecule has 9 nitrogen and oxygen atoms in total. The fraction of sp³-hybridized carbons (Fsp3) is 0.0606. The van der Waals surface area contributed by atoms with Gasteiger partial charge in [0.1, 0.15) is 11.4 Å². The number of benzene rings is 4. The van der Waals surface area contributed by atoms with E-state index in [0.717, 1.165) is 11.3 Å². The minimum absolute atomic E-state index is 0.0104. The molecule has 208 valence electrons. The molecule has 2 amide bonds. The predicted molar refractivity (Wildman–Crippen MR) is 161 cm³/mol. The summed E-state index contributed by atoms with van der Waals surface area (Å²) in [6.45, 7) is 0.350. The molecule has 0 fully saturated rings. The molecule has 0 unspecified atom stereocenters. The van der Waals surface area contributed by atoms with Crippen LogP contribution in [0.15, 0.2) is 127 Å². The minimum atomic E-state index is -0.479. The molecule has 0 spiro atoms. The van der Waals surface area contributed by atoms with E-state index >= 15 is 0 Å². The van der Waals surface area contributed by atoms with E-state index in [2.05, 4.69) is 10.6 Å². The summed E-state index contributed by atoms with van der Waals surface area (Å²) in [5, 5.41) is 21.8. The predicted octanol–water partition coefficient (Wildman–Crippen LogP) is 5.58. The van der Waals surface area contributed by atoms with E-state index < -0.39 is 16.7 Å². The molecule has 0 bridgehead atoms. The Hall–Kier alpha value is -5.83. The maximum atomic E-state index is 13.5. The molecule has 42 heavy (non-hydrogen) atoms. The van der Waals surface area contributed by atoms with Crippen LogP contribution >= 0.6 is 0 Å². The Morgan fingerprint density at radius 1 is 0.857 bits per heavy atom. The zero-order valence-electron chi connectivity index (χ0n) is 22.5. The first-order valence-corrected chi connectivity index (χ1v) is 13.3. The summed E-state index contributed by atoms with van der Waals surface area (Å²) in [6.07, 6.45) is 3.87. The molecule has 0 aliphatic heterocycles. The quantitative estimate of drug-likeness (QED) is 0.132. The van der Waals surface area contributed by atoms with Gasteiger partial charge in [-0.2, -0.15) is 5.10 Å². The largest absolute Gasteiger partial charge is 0.350 e. The van der Waals surface area contributed by atoms with Crippen LogP contribution in [0.2, 0.25) is 0 Å². The van der Waals surface area contributed by atoms with Crippen LogP contribution in [0, 0.1) is 10.1 Å².